The topological polar surface area (TPSA) is 97.5 Å². The Morgan fingerprint density at radius 1 is 1.24 bits per heavy atom. The van der Waals surface area contributed by atoms with E-state index in [-0.39, 0.29) is 22.0 Å². The summed E-state index contributed by atoms with van der Waals surface area (Å²) < 4.78 is 0. The maximum absolute atomic E-state index is 12.2. The van der Waals surface area contributed by atoms with Gasteiger partial charge in [-0.25, -0.2) is 10.4 Å². The number of nitro benzene ring substituents is 1. The van der Waals surface area contributed by atoms with E-state index in [4.69, 9.17) is 23.2 Å². The fourth-order valence-electron chi connectivity index (χ4n) is 2.38. The molecule has 1 aromatic heterocycles. The molecule has 1 N–H and O–H groups in total. The Bertz CT molecular complexity index is 1110. The number of pyridine rings is 1. The summed E-state index contributed by atoms with van der Waals surface area (Å²) in [6.45, 7) is 1.77. The Kier molecular flexibility index (Phi) is 6.68. The first-order valence-corrected chi connectivity index (χ1v) is 9.97. The number of nitrogens with one attached hydrogen (secondary N) is 1. The summed E-state index contributed by atoms with van der Waals surface area (Å²) in [7, 11) is 0. The van der Waals surface area contributed by atoms with Gasteiger partial charge in [-0.2, -0.15) is 5.10 Å². The highest BCUT2D eigenvalue weighted by molar-refractivity contribution is 8.00. The van der Waals surface area contributed by atoms with Gasteiger partial charge in [-0.15, -0.1) is 11.8 Å². The summed E-state index contributed by atoms with van der Waals surface area (Å²) in [5, 5.41) is 15.8. The summed E-state index contributed by atoms with van der Waals surface area (Å²) in [5.41, 5.74) is 3.28. The van der Waals surface area contributed by atoms with Gasteiger partial charge in [0.2, 0.25) is 0 Å². The molecule has 10 heteroatoms. The highest BCUT2D eigenvalue weighted by Crippen LogP contribution is 2.25. The van der Waals surface area contributed by atoms with Crippen molar-refractivity contribution in [1.29, 1.82) is 0 Å². The predicted molar refractivity (Wildman–Crippen MR) is 116 cm³/mol. The molecule has 3 rings (SSSR count). The van der Waals surface area contributed by atoms with Crippen LogP contribution < -0.4 is 5.43 Å². The molecular formula is C19H14Cl2N4O3S. The Morgan fingerprint density at radius 2 is 1.97 bits per heavy atom. The van der Waals surface area contributed by atoms with Gasteiger partial charge in [-0.05, 0) is 43.3 Å². The smallest absolute Gasteiger partial charge is 0.271 e. The van der Waals surface area contributed by atoms with Gasteiger partial charge in [0.15, 0.2) is 0 Å². The first-order valence-electron chi connectivity index (χ1n) is 8.33. The molecule has 0 spiro atoms. The number of rotatable bonds is 6. The van der Waals surface area contributed by atoms with Crippen LogP contribution in [0, 0.1) is 10.1 Å². The number of hydrazone groups is 1. The molecule has 0 fully saturated rings. The zero-order valence-corrected chi connectivity index (χ0v) is 17.3. The quantitative estimate of drug-likeness (QED) is 0.186. The standard InChI is InChI=1S/C19H14Cl2N4O3S/c1-11(29-16-6-3-14(20)4-7-16)19(26)24-22-10-13-8-12-2-5-15(25(27)28)9-17(12)23-18(13)21/h2-11H,1H3,(H,24,26)/b22-10-/t11-/m0/s1. The highest BCUT2D eigenvalue weighted by atomic mass is 35.5. The molecule has 2 aromatic carbocycles. The minimum atomic E-state index is -0.497. The van der Waals surface area contributed by atoms with E-state index >= 15 is 0 Å². The van der Waals surface area contributed by atoms with Crippen molar-refractivity contribution < 1.29 is 9.72 Å². The Hall–Kier alpha value is -2.68. The predicted octanol–water partition coefficient (Wildman–Crippen LogP) is 5.08. The van der Waals surface area contributed by atoms with Crippen LogP contribution in [-0.2, 0) is 4.79 Å². The zero-order valence-electron chi connectivity index (χ0n) is 15.0. The van der Waals surface area contributed by atoms with Crippen molar-refractivity contribution in [1.82, 2.24) is 10.4 Å². The molecule has 7 nitrogen and oxygen atoms in total. The Labute approximate surface area is 180 Å². The molecule has 0 bridgehead atoms. The molecule has 148 valence electrons. The number of carbonyl (C=O) groups excluding carboxylic acids is 1. The van der Waals surface area contributed by atoms with Gasteiger partial charge in [-0.1, -0.05) is 23.2 Å². The summed E-state index contributed by atoms with van der Waals surface area (Å²) in [6.07, 6.45) is 1.38. The molecule has 0 aliphatic carbocycles. The maximum atomic E-state index is 12.2. The second kappa shape index (κ2) is 9.21. The number of hydrogen-bond acceptors (Lipinski definition) is 6. The average Bonchev–Trinajstić information content (AvgIpc) is 2.69. The van der Waals surface area contributed by atoms with Crippen LogP contribution in [0.4, 0.5) is 5.69 Å². The normalized spacial score (nSPS) is 12.2. The largest absolute Gasteiger partial charge is 0.272 e. The first kappa shape index (κ1) is 21.0. The summed E-state index contributed by atoms with van der Waals surface area (Å²) in [5.74, 6) is -0.276. The van der Waals surface area contributed by atoms with E-state index in [9.17, 15) is 14.9 Å². The molecule has 29 heavy (non-hydrogen) atoms. The van der Waals surface area contributed by atoms with Crippen molar-refractivity contribution in [2.45, 2.75) is 17.1 Å². The van der Waals surface area contributed by atoms with E-state index in [2.05, 4.69) is 15.5 Å². The van der Waals surface area contributed by atoms with E-state index in [1.54, 1.807) is 31.2 Å². The summed E-state index contributed by atoms with van der Waals surface area (Å²) in [4.78, 5) is 27.7. The molecule has 0 aliphatic rings. The van der Waals surface area contributed by atoms with Crippen LogP contribution in [0.15, 0.2) is 58.5 Å². The number of thioether (sulfide) groups is 1. The number of fused-ring (bicyclic) bond motifs is 1. The van der Waals surface area contributed by atoms with E-state index in [0.29, 0.717) is 21.5 Å². The number of nitro groups is 1. The van der Waals surface area contributed by atoms with E-state index in [1.165, 1.54) is 30.1 Å². The van der Waals surface area contributed by atoms with Crippen LogP contribution in [0.1, 0.15) is 12.5 Å². The minimum Gasteiger partial charge on any atom is -0.272 e. The monoisotopic (exact) mass is 448 g/mol. The number of amides is 1. The van der Waals surface area contributed by atoms with Crippen molar-refractivity contribution >= 4 is 63.7 Å². The third-order valence-electron chi connectivity index (χ3n) is 3.87. The lowest BCUT2D eigenvalue weighted by molar-refractivity contribution is -0.384. The van der Waals surface area contributed by atoms with Gasteiger partial charge in [0.25, 0.3) is 11.6 Å². The lowest BCUT2D eigenvalue weighted by Gasteiger charge is -2.09. The van der Waals surface area contributed by atoms with Crippen LogP contribution in [-0.4, -0.2) is 27.3 Å². The van der Waals surface area contributed by atoms with E-state index in [1.807, 2.05) is 12.1 Å². The summed E-state index contributed by atoms with van der Waals surface area (Å²) >= 11 is 13.4. The third-order valence-corrected chi connectivity index (χ3v) is 5.53. The lowest BCUT2D eigenvalue weighted by atomic mass is 10.1. The molecule has 1 atom stereocenters. The average molecular weight is 449 g/mol. The Balaban J connectivity index is 1.67. The number of aromatic nitrogens is 1. The van der Waals surface area contributed by atoms with Crippen molar-refractivity contribution in [3.8, 4) is 0 Å². The van der Waals surface area contributed by atoms with E-state index in [0.717, 1.165) is 4.90 Å². The van der Waals surface area contributed by atoms with E-state index < -0.39 is 4.92 Å². The maximum Gasteiger partial charge on any atom is 0.271 e. The number of carbonyl (C=O) groups is 1. The van der Waals surface area contributed by atoms with Crippen molar-refractivity contribution in [2.24, 2.45) is 5.10 Å². The number of halogens is 2. The molecular weight excluding hydrogens is 435 g/mol. The highest BCUT2D eigenvalue weighted by Gasteiger charge is 2.14. The van der Waals surface area contributed by atoms with Gasteiger partial charge < -0.3 is 0 Å². The molecule has 0 aliphatic heterocycles. The SMILES string of the molecule is C[C@H](Sc1ccc(Cl)cc1)C(=O)N/N=C\c1cc2ccc([N+](=O)[O-])cc2nc1Cl. The van der Waals surface area contributed by atoms with Crippen molar-refractivity contribution in [3.05, 3.63) is 74.4 Å². The molecule has 1 heterocycles. The molecule has 0 saturated heterocycles. The van der Waals surface area contributed by atoms with Crippen LogP contribution in [0.3, 0.4) is 0 Å². The van der Waals surface area contributed by atoms with Gasteiger partial charge in [0, 0.05) is 33.0 Å². The summed E-state index contributed by atoms with van der Waals surface area (Å²) in [6, 6.07) is 13.2. The van der Waals surface area contributed by atoms with Crippen LogP contribution >= 0.6 is 35.0 Å². The first-order chi connectivity index (χ1) is 13.8. The fourth-order valence-corrected chi connectivity index (χ4v) is 3.56. The number of nitrogens with zero attached hydrogens (tertiary/aromatic N) is 3. The number of hydrogen-bond donors (Lipinski definition) is 1. The van der Waals surface area contributed by atoms with Gasteiger partial charge in [0.1, 0.15) is 5.15 Å². The zero-order chi connectivity index (χ0) is 21.0. The van der Waals surface area contributed by atoms with Crippen LogP contribution in [0.5, 0.6) is 0 Å². The lowest BCUT2D eigenvalue weighted by Crippen LogP contribution is -2.26. The third kappa shape index (κ3) is 5.44. The van der Waals surface area contributed by atoms with Gasteiger partial charge in [0.05, 0.1) is 21.9 Å². The molecule has 0 radical (unpaired) electrons. The van der Waals surface area contributed by atoms with Gasteiger partial charge in [-0.3, -0.25) is 14.9 Å². The van der Waals surface area contributed by atoms with Gasteiger partial charge >= 0.3 is 0 Å². The molecule has 0 saturated carbocycles. The second-order valence-corrected chi connectivity index (χ2v) is 8.16. The van der Waals surface area contributed by atoms with Crippen LogP contribution in [0.2, 0.25) is 10.2 Å². The number of benzene rings is 2. The fraction of sp³-hybridized carbons (Fsp3) is 0.105. The molecule has 0 unspecified atom stereocenters. The van der Waals surface area contributed by atoms with Crippen molar-refractivity contribution in [3.63, 3.8) is 0 Å². The van der Waals surface area contributed by atoms with Crippen LogP contribution in [0.25, 0.3) is 10.9 Å². The second-order valence-electron chi connectivity index (χ2n) is 5.95. The van der Waals surface area contributed by atoms with Crippen molar-refractivity contribution in [2.75, 3.05) is 0 Å². The minimum absolute atomic E-state index is 0.0677. The number of non-ortho nitro benzene ring substituents is 1. The molecule has 3 aromatic rings. The molecule has 1 amide bonds. The Morgan fingerprint density at radius 3 is 2.66 bits per heavy atom.